The van der Waals surface area contributed by atoms with Crippen LogP contribution < -0.4 is 5.32 Å². The number of amides is 1. The van der Waals surface area contributed by atoms with Gasteiger partial charge in [-0.3, -0.25) is 4.79 Å². The van der Waals surface area contributed by atoms with Crippen molar-refractivity contribution in [2.75, 3.05) is 26.7 Å². The van der Waals surface area contributed by atoms with E-state index in [1.54, 1.807) is 0 Å². The number of nitrogens with one attached hydrogen (secondary N) is 1. The van der Waals surface area contributed by atoms with Gasteiger partial charge >= 0.3 is 0 Å². The first-order chi connectivity index (χ1) is 10.6. The van der Waals surface area contributed by atoms with Crippen molar-refractivity contribution in [1.82, 2.24) is 15.1 Å². The number of hydrogen-bond donors (Lipinski definition) is 1. The Morgan fingerprint density at radius 2 is 1.79 bits per heavy atom. The molecular formula is C18H35Cl2N3O. The molecule has 3 saturated heterocycles. The Balaban J connectivity index is 0.00000144. The summed E-state index contributed by atoms with van der Waals surface area (Å²) in [6, 6.07) is 1.82. The Hall–Kier alpha value is -0.0300. The molecule has 0 aromatic rings. The van der Waals surface area contributed by atoms with Crippen LogP contribution >= 0.6 is 24.8 Å². The number of piperidine rings is 2. The highest BCUT2D eigenvalue weighted by atomic mass is 35.5. The Labute approximate surface area is 159 Å². The molecule has 0 spiro atoms. The maximum atomic E-state index is 12.7. The van der Waals surface area contributed by atoms with E-state index in [-0.39, 0.29) is 24.8 Å². The normalized spacial score (nSPS) is 35.7. The van der Waals surface area contributed by atoms with Gasteiger partial charge in [0.25, 0.3) is 0 Å². The van der Waals surface area contributed by atoms with Gasteiger partial charge in [0.15, 0.2) is 0 Å². The molecule has 3 heterocycles. The number of hydrogen-bond acceptors (Lipinski definition) is 3. The van der Waals surface area contributed by atoms with Crippen LogP contribution in [0.5, 0.6) is 0 Å². The zero-order valence-corrected chi connectivity index (χ0v) is 17.0. The lowest BCUT2D eigenvalue weighted by Crippen LogP contribution is -2.51. The fraction of sp³-hybridized carbons (Fsp3) is 0.944. The summed E-state index contributed by atoms with van der Waals surface area (Å²) in [5.74, 6) is 1.58. The lowest BCUT2D eigenvalue weighted by Gasteiger charge is -2.41. The molecule has 6 heteroatoms. The average Bonchev–Trinajstić information content (AvgIpc) is 2.85. The average molecular weight is 380 g/mol. The Morgan fingerprint density at radius 1 is 1.17 bits per heavy atom. The van der Waals surface area contributed by atoms with Gasteiger partial charge in [-0.15, -0.1) is 24.8 Å². The van der Waals surface area contributed by atoms with E-state index in [0.717, 1.165) is 32.5 Å². The largest absolute Gasteiger partial charge is 0.342 e. The molecule has 0 radical (unpaired) electrons. The second kappa shape index (κ2) is 9.61. The van der Waals surface area contributed by atoms with Gasteiger partial charge in [0.05, 0.1) is 0 Å². The van der Waals surface area contributed by atoms with Gasteiger partial charge in [0.1, 0.15) is 0 Å². The molecule has 142 valence electrons. The van der Waals surface area contributed by atoms with Gasteiger partial charge in [0, 0.05) is 44.7 Å². The van der Waals surface area contributed by atoms with E-state index in [1.165, 1.54) is 25.7 Å². The zero-order valence-electron chi connectivity index (χ0n) is 15.4. The predicted molar refractivity (Wildman–Crippen MR) is 104 cm³/mol. The van der Waals surface area contributed by atoms with Crippen molar-refractivity contribution >= 4 is 30.7 Å². The lowest BCUT2D eigenvalue weighted by atomic mass is 9.88. The Morgan fingerprint density at radius 3 is 2.33 bits per heavy atom. The molecule has 0 aromatic carbocycles. The number of rotatable bonds is 4. The van der Waals surface area contributed by atoms with Crippen LogP contribution in [0.2, 0.25) is 0 Å². The van der Waals surface area contributed by atoms with E-state index in [4.69, 9.17) is 0 Å². The van der Waals surface area contributed by atoms with E-state index >= 15 is 0 Å². The van der Waals surface area contributed by atoms with Gasteiger partial charge in [-0.2, -0.15) is 0 Å². The van der Waals surface area contributed by atoms with Gasteiger partial charge in [-0.05, 0) is 50.5 Å². The summed E-state index contributed by atoms with van der Waals surface area (Å²) < 4.78 is 0. The number of carbonyl (C=O) groups is 1. The van der Waals surface area contributed by atoms with Gasteiger partial charge in [-0.25, -0.2) is 0 Å². The van der Waals surface area contributed by atoms with Crippen molar-refractivity contribution in [2.45, 2.75) is 70.5 Å². The van der Waals surface area contributed by atoms with Crippen molar-refractivity contribution in [3.8, 4) is 0 Å². The second-order valence-electron chi connectivity index (χ2n) is 7.91. The zero-order chi connectivity index (χ0) is 15.7. The molecule has 4 unspecified atom stereocenters. The van der Waals surface area contributed by atoms with Crippen molar-refractivity contribution in [3.05, 3.63) is 0 Å². The maximum Gasteiger partial charge on any atom is 0.222 e. The third kappa shape index (κ3) is 5.00. The van der Waals surface area contributed by atoms with Crippen LogP contribution in [0.4, 0.5) is 0 Å². The molecule has 1 N–H and O–H groups in total. The minimum Gasteiger partial charge on any atom is -0.342 e. The topological polar surface area (TPSA) is 35.6 Å². The minimum absolute atomic E-state index is 0. The van der Waals surface area contributed by atoms with Crippen molar-refractivity contribution in [3.63, 3.8) is 0 Å². The van der Waals surface area contributed by atoms with Crippen molar-refractivity contribution in [1.29, 1.82) is 0 Å². The van der Waals surface area contributed by atoms with Gasteiger partial charge < -0.3 is 15.1 Å². The number of likely N-dealkylation sites (tertiary alicyclic amines) is 1. The fourth-order valence-electron chi connectivity index (χ4n) is 5.00. The van der Waals surface area contributed by atoms with E-state index in [9.17, 15) is 4.79 Å². The molecule has 3 aliphatic rings. The quantitative estimate of drug-likeness (QED) is 0.815. The molecule has 0 aromatic heterocycles. The summed E-state index contributed by atoms with van der Waals surface area (Å²) in [7, 11) is 2.04. The van der Waals surface area contributed by atoms with Gasteiger partial charge in [0.2, 0.25) is 5.91 Å². The molecule has 24 heavy (non-hydrogen) atoms. The van der Waals surface area contributed by atoms with Crippen LogP contribution in [-0.2, 0) is 4.79 Å². The monoisotopic (exact) mass is 379 g/mol. The lowest BCUT2D eigenvalue weighted by molar-refractivity contribution is -0.135. The maximum absolute atomic E-state index is 12.7. The van der Waals surface area contributed by atoms with Crippen LogP contribution in [0.15, 0.2) is 0 Å². The summed E-state index contributed by atoms with van der Waals surface area (Å²) in [6.45, 7) is 7.94. The van der Waals surface area contributed by atoms with Gasteiger partial charge in [-0.1, -0.05) is 13.8 Å². The SMILES string of the molecule is CCN1CCC(N(C)C(=O)CC2CC3CCC(C2)N3)C(C)C1.Cl.Cl. The summed E-state index contributed by atoms with van der Waals surface area (Å²) in [5.41, 5.74) is 0. The first-order valence-electron chi connectivity index (χ1n) is 9.30. The Bertz CT molecular complexity index is 398. The van der Waals surface area contributed by atoms with Crippen LogP contribution in [-0.4, -0.2) is 60.5 Å². The van der Waals surface area contributed by atoms with Crippen molar-refractivity contribution < 1.29 is 4.79 Å². The highest BCUT2D eigenvalue weighted by Crippen LogP contribution is 2.33. The van der Waals surface area contributed by atoms with E-state index < -0.39 is 0 Å². The highest BCUT2D eigenvalue weighted by molar-refractivity contribution is 5.85. The van der Waals surface area contributed by atoms with E-state index in [2.05, 4.69) is 29.0 Å². The number of fused-ring (bicyclic) bond motifs is 2. The third-order valence-corrected chi connectivity index (χ3v) is 6.32. The smallest absolute Gasteiger partial charge is 0.222 e. The third-order valence-electron chi connectivity index (χ3n) is 6.32. The minimum atomic E-state index is 0. The van der Waals surface area contributed by atoms with E-state index in [0.29, 0.717) is 35.9 Å². The Kier molecular flexibility index (Phi) is 8.81. The summed E-state index contributed by atoms with van der Waals surface area (Å²) in [4.78, 5) is 17.3. The highest BCUT2D eigenvalue weighted by Gasteiger charge is 2.36. The molecule has 3 fully saturated rings. The molecule has 4 atom stereocenters. The molecule has 4 nitrogen and oxygen atoms in total. The summed E-state index contributed by atoms with van der Waals surface area (Å²) >= 11 is 0. The van der Waals surface area contributed by atoms with Crippen LogP contribution in [0.25, 0.3) is 0 Å². The van der Waals surface area contributed by atoms with Crippen molar-refractivity contribution in [2.24, 2.45) is 11.8 Å². The number of halogens is 2. The molecule has 2 bridgehead atoms. The molecular weight excluding hydrogens is 345 g/mol. The first kappa shape index (κ1) is 22.0. The molecule has 3 rings (SSSR count). The first-order valence-corrected chi connectivity index (χ1v) is 9.30. The second-order valence-corrected chi connectivity index (χ2v) is 7.91. The molecule has 0 saturated carbocycles. The molecule has 1 amide bonds. The molecule has 0 aliphatic carbocycles. The molecule has 3 aliphatic heterocycles. The predicted octanol–water partition coefficient (Wildman–Crippen LogP) is 2.94. The summed E-state index contributed by atoms with van der Waals surface area (Å²) in [5, 5.41) is 3.67. The fourth-order valence-corrected chi connectivity index (χ4v) is 5.00. The van der Waals surface area contributed by atoms with Crippen LogP contribution in [0, 0.1) is 11.8 Å². The van der Waals surface area contributed by atoms with Crippen LogP contribution in [0.3, 0.4) is 0 Å². The summed E-state index contributed by atoms with van der Waals surface area (Å²) in [6.07, 6.45) is 6.95. The van der Waals surface area contributed by atoms with E-state index in [1.807, 2.05) is 7.05 Å². The number of nitrogens with zero attached hydrogens (tertiary/aromatic N) is 2. The number of carbonyl (C=O) groups excluding carboxylic acids is 1. The van der Waals surface area contributed by atoms with Crippen LogP contribution in [0.1, 0.15) is 52.4 Å². The standard InChI is InChI=1S/C18H33N3O.2ClH/c1-4-21-8-7-17(13(2)12-21)20(3)18(22)11-14-9-15-5-6-16(10-14)19-15;;/h13-17,19H,4-12H2,1-3H3;2*1H.